The number of ether oxygens (including phenoxy) is 1. The summed E-state index contributed by atoms with van der Waals surface area (Å²) in [6, 6.07) is 3.28. The highest BCUT2D eigenvalue weighted by atomic mass is 32.2. The van der Waals surface area contributed by atoms with Gasteiger partial charge in [-0.1, -0.05) is 0 Å². The third-order valence-corrected chi connectivity index (χ3v) is 4.45. The molecule has 7 nitrogen and oxygen atoms in total. The zero-order chi connectivity index (χ0) is 16.0. The summed E-state index contributed by atoms with van der Waals surface area (Å²) in [7, 11) is -2.51. The average Bonchev–Trinajstić information content (AvgIpc) is 2.43. The van der Waals surface area contributed by atoms with Gasteiger partial charge >= 0.3 is 5.97 Å². The minimum Gasteiger partial charge on any atom is -0.496 e. The molecule has 0 spiro atoms. The van der Waals surface area contributed by atoms with Crippen molar-refractivity contribution in [2.45, 2.75) is 30.7 Å². The number of rotatable bonds is 8. The first-order chi connectivity index (χ1) is 9.81. The van der Waals surface area contributed by atoms with Crippen LogP contribution in [0.4, 0.5) is 0 Å². The molecule has 21 heavy (non-hydrogen) atoms. The standard InChI is InChI=1S/C13H19NO6S/c1-9(4-3-7-15)14-21(18,19)10-5-6-12(20-2)11(8-10)13(16)17/h5-6,8-9,14-15H,3-4,7H2,1-2H3,(H,16,17). The smallest absolute Gasteiger partial charge is 0.339 e. The summed E-state index contributed by atoms with van der Waals surface area (Å²) in [4.78, 5) is 11.0. The molecule has 0 saturated heterocycles. The van der Waals surface area contributed by atoms with Gasteiger partial charge in [0.2, 0.25) is 10.0 Å². The number of benzene rings is 1. The second kappa shape index (κ2) is 7.39. The van der Waals surface area contributed by atoms with Crippen molar-refractivity contribution in [1.29, 1.82) is 0 Å². The van der Waals surface area contributed by atoms with E-state index in [-0.39, 0.29) is 28.9 Å². The van der Waals surface area contributed by atoms with Crippen molar-refractivity contribution < 1.29 is 28.2 Å². The quantitative estimate of drug-likeness (QED) is 0.654. The Hall–Kier alpha value is -1.64. The van der Waals surface area contributed by atoms with Crippen molar-refractivity contribution in [3.63, 3.8) is 0 Å². The molecule has 1 atom stereocenters. The maximum Gasteiger partial charge on any atom is 0.339 e. The first kappa shape index (κ1) is 17.4. The van der Waals surface area contributed by atoms with Crippen LogP contribution in [0.15, 0.2) is 23.1 Å². The second-order valence-corrected chi connectivity index (χ2v) is 6.27. The van der Waals surface area contributed by atoms with Crippen LogP contribution in [0.25, 0.3) is 0 Å². The fraction of sp³-hybridized carbons (Fsp3) is 0.462. The topological polar surface area (TPSA) is 113 Å². The number of carboxylic acid groups (broad SMARTS) is 1. The number of hydrogen-bond donors (Lipinski definition) is 3. The van der Waals surface area contributed by atoms with E-state index in [0.717, 1.165) is 6.07 Å². The van der Waals surface area contributed by atoms with E-state index in [2.05, 4.69) is 4.72 Å². The maximum atomic E-state index is 12.2. The molecule has 0 aromatic heterocycles. The van der Waals surface area contributed by atoms with Crippen LogP contribution in [-0.4, -0.2) is 44.4 Å². The van der Waals surface area contributed by atoms with Crippen LogP contribution >= 0.6 is 0 Å². The molecule has 0 radical (unpaired) electrons. The lowest BCUT2D eigenvalue weighted by atomic mass is 10.2. The molecule has 0 aliphatic heterocycles. The van der Waals surface area contributed by atoms with Crippen LogP contribution in [0, 0.1) is 0 Å². The predicted octanol–water partition coefficient (Wildman–Crippen LogP) is 0.833. The van der Waals surface area contributed by atoms with E-state index in [1.165, 1.54) is 19.2 Å². The SMILES string of the molecule is COc1ccc(S(=O)(=O)NC(C)CCCO)cc1C(=O)O. The maximum absolute atomic E-state index is 12.2. The van der Waals surface area contributed by atoms with E-state index in [1.54, 1.807) is 6.92 Å². The Morgan fingerprint density at radius 1 is 1.43 bits per heavy atom. The minimum atomic E-state index is -3.82. The van der Waals surface area contributed by atoms with Crippen molar-refractivity contribution in [3.05, 3.63) is 23.8 Å². The molecule has 1 unspecified atom stereocenters. The molecule has 1 rings (SSSR count). The van der Waals surface area contributed by atoms with Crippen molar-refractivity contribution in [1.82, 2.24) is 4.72 Å². The highest BCUT2D eigenvalue weighted by Gasteiger charge is 2.21. The third-order valence-electron chi connectivity index (χ3n) is 2.86. The molecule has 1 aromatic carbocycles. The number of aliphatic hydroxyl groups is 1. The molecule has 8 heteroatoms. The lowest BCUT2D eigenvalue weighted by Gasteiger charge is -2.14. The summed E-state index contributed by atoms with van der Waals surface area (Å²) >= 11 is 0. The Kier molecular flexibility index (Phi) is 6.13. The molecule has 0 aliphatic carbocycles. The first-order valence-corrected chi connectivity index (χ1v) is 7.84. The summed E-state index contributed by atoms with van der Waals surface area (Å²) < 4.78 is 31.7. The zero-order valence-electron chi connectivity index (χ0n) is 11.9. The van der Waals surface area contributed by atoms with Crippen molar-refractivity contribution in [2.24, 2.45) is 0 Å². The predicted molar refractivity (Wildman–Crippen MR) is 76.1 cm³/mol. The Morgan fingerprint density at radius 3 is 2.62 bits per heavy atom. The Morgan fingerprint density at radius 2 is 2.10 bits per heavy atom. The van der Waals surface area contributed by atoms with Gasteiger partial charge in [0, 0.05) is 12.6 Å². The van der Waals surface area contributed by atoms with Gasteiger partial charge in [0.25, 0.3) is 0 Å². The van der Waals surface area contributed by atoms with Crippen LogP contribution < -0.4 is 9.46 Å². The van der Waals surface area contributed by atoms with Crippen LogP contribution in [0.2, 0.25) is 0 Å². The molecule has 1 aromatic rings. The van der Waals surface area contributed by atoms with Gasteiger partial charge in [-0.25, -0.2) is 17.9 Å². The minimum absolute atomic E-state index is 0.0161. The summed E-state index contributed by atoms with van der Waals surface area (Å²) in [5.74, 6) is -1.17. The highest BCUT2D eigenvalue weighted by Crippen LogP contribution is 2.22. The molecular weight excluding hydrogens is 298 g/mol. The summed E-state index contributed by atoms with van der Waals surface area (Å²) in [6.07, 6.45) is 0.963. The molecule has 0 heterocycles. The number of sulfonamides is 1. The molecule has 118 valence electrons. The monoisotopic (exact) mass is 317 g/mol. The van der Waals surface area contributed by atoms with E-state index in [4.69, 9.17) is 14.9 Å². The normalized spacial score (nSPS) is 12.9. The molecule has 0 bridgehead atoms. The number of aromatic carboxylic acids is 1. The lowest BCUT2D eigenvalue weighted by molar-refractivity contribution is 0.0693. The largest absolute Gasteiger partial charge is 0.496 e. The third kappa shape index (κ3) is 4.69. The van der Waals surface area contributed by atoms with Gasteiger partial charge in [0.1, 0.15) is 11.3 Å². The second-order valence-electron chi connectivity index (χ2n) is 4.56. The number of carboxylic acids is 1. The van der Waals surface area contributed by atoms with Gasteiger partial charge in [-0.2, -0.15) is 0 Å². The highest BCUT2D eigenvalue weighted by molar-refractivity contribution is 7.89. The van der Waals surface area contributed by atoms with Crippen molar-refractivity contribution in [2.75, 3.05) is 13.7 Å². The van der Waals surface area contributed by atoms with E-state index >= 15 is 0 Å². The van der Waals surface area contributed by atoms with Crippen LogP contribution in [-0.2, 0) is 10.0 Å². The fourth-order valence-electron chi connectivity index (χ4n) is 1.81. The molecule has 0 fully saturated rings. The summed E-state index contributed by atoms with van der Waals surface area (Å²) in [5.41, 5.74) is -0.219. The lowest BCUT2D eigenvalue weighted by Crippen LogP contribution is -2.32. The Labute approximate surface area is 123 Å². The number of carbonyl (C=O) groups is 1. The Bertz CT molecular complexity index is 599. The zero-order valence-corrected chi connectivity index (χ0v) is 12.7. The number of methoxy groups -OCH3 is 1. The number of hydrogen-bond acceptors (Lipinski definition) is 5. The van der Waals surface area contributed by atoms with Gasteiger partial charge in [-0.3, -0.25) is 0 Å². The molecule has 0 saturated carbocycles. The Balaban J connectivity index is 3.03. The van der Waals surface area contributed by atoms with Gasteiger partial charge in [0.15, 0.2) is 0 Å². The van der Waals surface area contributed by atoms with Crippen LogP contribution in [0.5, 0.6) is 5.75 Å². The average molecular weight is 317 g/mol. The van der Waals surface area contributed by atoms with Gasteiger partial charge in [-0.05, 0) is 38.0 Å². The first-order valence-electron chi connectivity index (χ1n) is 6.36. The van der Waals surface area contributed by atoms with Crippen molar-refractivity contribution in [3.8, 4) is 5.75 Å². The molecule has 0 amide bonds. The number of nitrogens with one attached hydrogen (secondary N) is 1. The molecule has 3 N–H and O–H groups in total. The van der Waals surface area contributed by atoms with E-state index < -0.39 is 16.0 Å². The van der Waals surface area contributed by atoms with Crippen molar-refractivity contribution >= 4 is 16.0 Å². The van der Waals surface area contributed by atoms with Crippen LogP contribution in [0.1, 0.15) is 30.1 Å². The molecule has 0 aliphatic rings. The van der Waals surface area contributed by atoms with Gasteiger partial charge in [0.05, 0.1) is 12.0 Å². The van der Waals surface area contributed by atoms with E-state index in [0.29, 0.717) is 12.8 Å². The summed E-state index contributed by atoms with van der Waals surface area (Å²) in [5, 5.41) is 17.8. The molecular formula is C13H19NO6S. The fourth-order valence-corrected chi connectivity index (χ4v) is 3.11. The van der Waals surface area contributed by atoms with Crippen LogP contribution in [0.3, 0.4) is 0 Å². The van der Waals surface area contributed by atoms with E-state index in [1.807, 2.05) is 0 Å². The van der Waals surface area contributed by atoms with Gasteiger partial charge in [-0.15, -0.1) is 0 Å². The number of aliphatic hydroxyl groups excluding tert-OH is 1. The summed E-state index contributed by atoms with van der Waals surface area (Å²) in [6.45, 7) is 1.66. The van der Waals surface area contributed by atoms with E-state index in [9.17, 15) is 13.2 Å². The van der Waals surface area contributed by atoms with Gasteiger partial charge < -0.3 is 14.9 Å².